The smallest absolute Gasteiger partial charge is 0.254 e. The van der Waals surface area contributed by atoms with Crippen molar-refractivity contribution in [2.24, 2.45) is 0 Å². The van der Waals surface area contributed by atoms with Crippen molar-refractivity contribution in [3.63, 3.8) is 0 Å². The van der Waals surface area contributed by atoms with Crippen molar-refractivity contribution < 1.29 is 13.9 Å². The number of pyridine rings is 1. The lowest BCUT2D eigenvalue weighted by Crippen LogP contribution is -2.43. The molecule has 1 aromatic heterocycles. The molecule has 2 fully saturated rings. The summed E-state index contributed by atoms with van der Waals surface area (Å²) in [5, 5.41) is 3.64. The van der Waals surface area contributed by atoms with Gasteiger partial charge in [0, 0.05) is 36.4 Å². The van der Waals surface area contributed by atoms with Crippen LogP contribution in [0.25, 0.3) is 0 Å². The molecule has 0 bridgehead atoms. The number of nitrogens with one attached hydrogen (secondary N) is 1. The van der Waals surface area contributed by atoms with Crippen LogP contribution >= 0.6 is 11.6 Å². The molecule has 3 heterocycles. The number of morpholine rings is 1. The van der Waals surface area contributed by atoms with Gasteiger partial charge in [0.2, 0.25) is 0 Å². The van der Waals surface area contributed by atoms with E-state index in [-0.39, 0.29) is 23.8 Å². The minimum atomic E-state index is -0.605. The molecule has 0 radical (unpaired) electrons. The summed E-state index contributed by atoms with van der Waals surface area (Å²) in [5.74, 6) is -1.00. The van der Waals surface area contributed by atoms with Gasteiger partial charge in [-0.05, 0) is 30.2 Å². The number of amides is 1. The number of hydrogen-bond donors (Lipinski definition) is 1. The van der Waals surface area contributed by atoms with Gasteiger partial charge in [-0.3, -0.25) is 14.7 Å². The number of halogens is 2. The summed E-state index contributed by atoms with van der Waals surface area (Å²) in [6.07, 6.45) is 3.26. The highest BCUT2D eigenvalue weighted by molar-refractivity contribution is 6.30. The van der Waals surface area contributed by atoms with Crippen LogP contribution in [-0.2, 0) is 4.74 Å². The molecule has 4 rings (SSSR count). The Bertz CT molecular complexity index is 802. The van der Waals surface area contributed by atoms with Crippen LogP contribution in [0.3, 0.4) is 0 Å². The average Bonchev–Trinajstić information content (AvgIpc) is 3.04. The summed E-state index contributed by atoms with van der Waals surface area (Å²) in [6.45, 7) is 2.11. The SMILES string of the molecule is O=C(N[C@@H]1C[C@H]2CO[C@@H](c3ccc(Cl)cc3)CN2C1)c1ccncc1F. The summed E-state index contributed by atoms with van der Waals surface area (Å²) >= 11 is 5.95. The van der Waals surface area contributed by atoms with Crippen molar-refractivity contribution in [1.82, 2.24) is 15.2 Å². The van der Waals surface area contributed by atoms with Crippen LogP contribution in [0.15, 0.2) is 42.7 Å². The van der Waals surface area contributed by atoms with Crippen LogP contribution in [0.2, 0.25) is 5.02 Å². The molecule has 2 aromatic rings. The molecule has 0 aliphatic carbocycles. The molecule has 5 nitrogen and oxygen atoms in total. The molecule has 1 amide bonds. The molecule has 3 atom stereocenters. The van der Waals surface area contributed by atoms with Crippen molar-refractivity contribution in [3.8, 4) is 0 Å². The van der Waals surface area contributed by atoms with E-state index in [1.54, 1.807) is 0 Å². The van der Waals surface area contributed by atoms with Gasteiger partial charge in [0.15, 0.2) is 5.82 Å². The number of fused-ring (bicyclic) bond motifs is 1. The molecule has 2 saturated heterocycles. The second-order valence-electron chi connectivity index (χ2n) is 6.74. The normalized spacial score (nSPS) is 25.7. The molecular formula is C19H19ClFN3O2. The molecule has 0 spiro atoms. The fourth-order valence-electron chi connectivity index (χ4n) is 3.68. The van der Waals surface area contributed by atoms with E-state index in [9.17, 15) is 9.18 Å². The topological polar surface area (TPSA) is 54.5 Å². The third kappa shape index (κ3) is 3.58. The fourth-order valence-corrected chi connectivity index (χ4v) is 3.81. The summed E-state index contributed by atoms with van der Waals surface area (Å²) in [5.41, 5.74) is 1.12. The van der Waals surface area contributed by atoms with Crippen molar-refractivity contribution in [2.75, 3.05) is 19.7 Å². The largest absolute Gasteiger partial charge is 0.371 e. The van der Waals surface area contributed by atoms with E-state index in [0.29, 0.717) is 11.6 Å². The number of benzene rings is 1. The lowest BCUT2D eigenvalue weighted by Gasteiger charge is -2.35. The minimum Gasteiger partial charge on any atom is -0.371 e. The van der Waals surface area contributed by atoms with Gasteiger partial charge in [-0.2, -0.15) is 0 Å². The first kappa shape index (κ1) is 17.4. The Labute approximate surface area is 156 Å². The number of carbonyl (C=O) groups excluding carboxylic acids is 1. The van der Waals surface area contributed by atoms with E-state index in [4.69, 9.17) is 16.3 Å². The number of nitrogens with zero attached hydrogens (tertiary/aromatic N) is 2. The van der Waals surface area contributed by atoms with Gasteiger partial charge in [-0.25, -0.2) is 4.39 Å². The van der Waals surface area contributed by atoms with Crippen LogP contribution in [0.1, 0.15) is 28.4 Å². The summed E-state index contributed by atoms with van der Waals surface area (Å²) < 4.78 is 19.7. The Morgan fingerprint density at radius 3 is 2.85 bits per heavy atom. The van der Waals surface area contributed by atoms with Crippen molar-refractivity contribution in [2.45, 2.75) is 24.6 Å². The van der Waals surface area contributed by atoms with Gasteiger partial charge in [-0.1, -0.05) is 23.7 Å². The second kappa shape index (κ2) is 7.31. The maximum atomic E-state index is 13.7. The number of rotatable bonds is 3. The van der Waals surface area contributed by atoms with E-state index in [1.165, 1.54) is 12.3 Å². The predicted molar refractivity (Wildman–Crippen MR) is 95.6 cm³/mol. The standard InChI is InChI=1S/C19H19ClFN3O2/c20-13-3-1-12(2-4-13)18-10-24-9-14(7-15(24)11-26-18)23-19(25)16-5-6-22-8-17(16)21/h1-6,8,14-15,18H,7,9-11H2,(H,23,25)/t14-,15+,18-/m1/s1. The molecule has 26 heavy (non-hydrogen) atoms. The Kier molecular flexibility index (Phi) is 4.89. The van der Waals surface area contributed by atoms with Crippen LogP contribution < -0.4 is 5.32 Å². The Hall–Kier alpha value is -2.02. The quantitative estimate of drug-likeness (QED) is 0.896. The summed E-state index contributed by atoms with van der Waals surface area (Å²) in [4.78, 5) is 18.3. The zero-order valence-corrected chi connectivity index (χ0v) is 14.8. The van der Waals surface area contributed by atoms with Gasteiger partial charge < -0.3 is 10.1 Å². The maximum Gasteiger partial charge on any atom is 0.254 e. The zero-order valence-electron chi connectivity index (χ0n) is 14.1. The van der Waals surface area contributed by atoms with Crippen LogP contribution in [0.4, 0.5) is 4.39 Å². The first-order valence-corrected chi connectivity index (χ1v) is 8.99. The lowest BCUT2D eigenvalue weighted by molar-refractivity contribution is -0.0502. The van der Waals surface area contributed by atoms with E-state index >= 15 is 0 Å². The number of carbonyl (C=O) groups is 1. The van der Waals surface area contributed by atoms with Gasteiger partial charge in [0.05, 0.1) is 24.5 Å². The van der Waals surface area contributed by atoms with E-state index in [1.807, 2.05) is 24.3 Å². The number of hydrogen-bond acceptors (Lipinski definition) is 4. The molecule has 2 aliphatic heterocycles. The van der Waals surface area contributed by atoms with Crippen LogP contribution in [0, 0.1) is 5.82 Å². The van der Waals surface area contributed by atoms with Crippen molar-refractivity contribution in [3.05, 3.63) is 64.7 Å². The molecule has 136 valence electrons. The van der Waals surface area contributed by atoms with Gasteiger partial charge >= 0.3 is 0 Å². The van der Waals surface area contributed by atoms with Crippen LogP contribution in [0.5, 0.6) is 0 Å². The maximum absolute atomic E-state index is 13.7. The molecular weight excluding hydrogens is 357 g/mol. The third-order valence-corrected chi connectivity index (χ3v) is 5.26. The minimum absolute atomic E-state index is 0.00406. The zero-order chi connectivity index (χ0) is 18.1. The molecule has 1 N–H and O–H groups in total. The monoisotopic (exact) mass is 375 g/mol. The molecule has 7 heteroatoms. The van der Waals surface area contributed by atoms with E-state index < -0.39 is 11.7 Å². The Morgan fingerprint density at radius 2 is 2.08 bits per heavy atom. The highest BCUT2D eigenvalue weighted by atomic mass is 35.5. The number of aromatic nitrogens is 1. The lowest BCUT2D eigenvalue weighted by atomic mass is 10.1. The number of ether oxygens (including phenoxy) is 1. The average molecular weight is 376 g/mol. The van der Waals surface area contributed by atoms with Crippen LogP contribution in [-0.4, -0.2) is 47.6 Å². The first-order valence-electron chi connectivity index (χ1n) is 8.61. The van der Waals surface area contributed by atoms with Crippen molar-refractivity contribution >= 4 is 17.5 Å². The second-order valence-corrected chi connectivity index (χ2v) is 7.18. The molecule has 0 unspecified atom stereocenters. The Morgan fingerprint density at radius 1 is 1.27 bits per heavy atom. The summed E-state index contributed by atoms with van der Waals surface area (Å²) in [6, 6.07) is 9.33. The summed E-state index contributed by atoms with van der Waals surface area (Å²) in [7, 11) is 0. The van der Waals surface area contributed by atoms with Gasteiger partial charge in [0.25, 0.3) is 5.91 Å². The van der Waals surface area contributed by atoms with Gasteiger partial charge in [0.1, 0.15) is 0 Å². The fraction of sp³-hybridized carbons (Fsp3) is 0.368. The predicted octanol–water partition coefficient (Wildman–Crippen LogP) is 2.82. The highest BCUT2D eigenvalue weighted by Gasteiger charge is 2.38. The first-order chi connectivity index (χ1) is 12.6. The molecule has 1 aromatic carbocycles. The molecule has 2 aliphatic rings. The molecule has 0 saturated carbocycles. The van der Waals surface area contributed by atoms with E-state index in [0.717, 1.165) is 31.3 Å². The van der Waals surface area contributed by atoms with Gasteiger partial charge in [-0.15, -0.1) is 0 Å². The highest BCUT2D eigenvalue weighted by Crippen LogP contribution is 2.31. The third-order valence-electron chi connectivity index (χ3n) is 5.01. The Balaban J connectivity index is 1.38. The van der Waals surface area contributed by atoms with E-state index in [2.05, 4.69) is 15.2 Å². The van der Waals surface area contributed by atoms with Crippen molar-refractivity contribution in [1.29, 1.82) is 0 Å².